The molecule has 0 fully saturated rings. The molecule has 0 bridgehead atoms. The van der Waals surface area contributed by atoms with Gasteiger partial charge in [0.1, 0.15) is 0 Å². The first kappa shape index (κ1) is 41.9. The van der Waals surface area contributed by atoms with Gasteiger partial charge in [0, 0.05) is 34.1 Å². The van der Waals surface area contributed by atoms with Crippen molar-refractivity contribution in [1.82, 2.24) is 0 Å². The van der Waals surface area contributed by atoms with Gasteiger partial charge in [-0.15, -0.1) is 0 Å². The van der Waals surface area contributed by atoms with Gasteiger partial charge in [0.05, 0.1) is 0 Å². The summed E-state index contributed by atoms with van der Waals surface area (Å²) in [5.74, 6) is 0.948. The zero-order valence-electron chi connectivity index (χ0n) is 37.8. The lowest BCUT2D eigenvalue weighted by Crippen LogP contribution is -2.10. The van der Waals surface area contributed by atoms with E-state index in [1.807, 2.05) is 0 Å². The summed E-state index contributed by atoms with van der Waals surface area (Å²) in [5.41, 5.74) is 21.7. The largest absolute Gasteiger partial charge is 0.311 e. The van der Waals surface area contributed by atoms with E-state index in [-0.39, 0.29) is 0 Å². The molecule has 64 heavy (non-hydrogen) atoms. The van der Waals surface area contributed by atoms with Crippen LogP contribution in [-0.4, -0.2) is 0 Å². The Bertz CT molecular complexity index is 2720. The van der Waals surface area contributed by atoms with Crippen LogP contribution in [0.25, 0.3) is 44.5 Å². The number of anilines is 6. The molecule has 2 heteroatoms. The Labute approximate surface area is 380 Å². The second-order valence-corrected chi connectivity index (χ2v) is 17.6. The molecule has 0 saturated carbocycles. The molecule has 0 heterocycles. The second-order valence-electron chi connectivity index (χ2n) is 17.6. The highest BCUT2D eigenvalue weighted by atomic mass is 15.1. The Balaban J connectivity index is 0.999. The van der Waals surface area contributed by atoms with Gasteiger partial charge in [0.25, 0.3) is 0 Å². The van der Waals surface area contributed by atoms with Crippen LogP contribution in [0.4, 0.5) is 34.1 Å². The van der Waals surface area contributed by atoms with Crippen molar-refractivity contribution in [2.24, 2.45) is 0 Å². The van der Waals surface area contributed by atoms with E-state index in [1.54, 1.807) is 0 Å². The Morgan fingerprint density at radius 1 is 0.266 bits per heavy atom. The third kappa shape index (κ3) is 8.91. The van der Waals surface area contributed by atoms with Crippen LogP contribution >= 0.6 is 0 Å². The summed E-state index contributed by atoms with van der Waals surface area (Å²) in [6.07, 6.45) is 0. The molecular formula is C62H56N2. The summed E-state index contributed by atoms with van der Waals surface area (Å²) >= 11 is 0. The van der Waals surface area contributed by atoms with Crippen molar-refractivity contribution >= 4 is 34.1 Å². The van der Waals surface area contributed by atoms with E-state index in [4.69, 9.17) is 0 Å². The minimum atomic E-state index is 0.474. The summed E-state index contributed by atoms with van der Waals surface area (Å²) in [7, 11) is 0. The van der Waals surface area contributed by atoms with Crippen LogP contribution in [0, 0.1) is 13.8 Å². The predicted octanol–water partition coefficient (Wildman–Crippen LogP) is 18.2. The topological polar surface area (TPSA) is 6.48 Å². The van der Waals surface area contributed by atoms with Crippen LogP contribution in [0.1, 0.15) is 61.8 Å². The number of nitrogens with zero attached hydrogens (tertiary/aromatic N) is 2. The molecule has 314 valence electrons. The summed E-state index contributed by atoms with van der Waals surface area (Å²) < 4.78 is 0. The molecular weight excluding hydrogens is 773 g/mol. The number of hydrogen-bond donors (Lipinski definition) is 0. The first-order chi connectivity index (χ1) is 31.2. The maximum atomic E-state index is 2.36. The molecule has 0 radical (unpaired) electrons. The molecule has 0 atom stereocenters. The van der Waals surface area contributed by atoms with Gasteiger partial charge in [-0.05, 0) is 165 Å². The Hall–Kier alpha value is -7.42. The van der Waals surface area contributed by atoms with Gasteiger partial charge >= 0.3 is 0 Å². The minimum Gasteiger partial charge on any atom is -0.311 e. The van der Waals surface area contributed by atoms with Gasteiger partial charge in [0.15, 0.2) is 0 Å². The monoisotopic (exact) mass is 828 g/mol. The van der Waals surface area contributed by atoms with Crippen molar-refractivity contribution in [2.75, 3.05) is 9.80 Å². The highest BCUT2D eigenvalue weighted by Gasteiger charge is 2.17. The average molecular weight is 829 g/mol. The van der Waals surface area contributed by atoms with Crippen molar-refractivity contribution in [3.05, 3.63) is 241 Å². The number of aryl methyl sites for hydroxylation is 2. The number of hydrogen-bond acceptors (Lipinski definition) is 2. The van der Waals surface area contributed by atoms with Crippen LogP contribution in [0.15, 0.2) is 218 Å². The van der Waals surface area contributed by atoms with E-state index < -0.39 is 0 Å². The van der Waals surface area contributed by atoms with Gasteiger partial charge < -0.3 is 9.80 Å². The van der Waals surface area contributed by atoms with E-state index in [0.717, 1.165) is 34.1 Å². The van der Waals surface area contributed by atoms with Crippen molar-refractivity contribution in [3.8, 4) is 44.5 Å². The van der Waals surface area contributed by atoms with E-state index in [1.165, 1.54) is 66.8 Å². The van der Waals surface area contributed by atoms with Crippen LogP contribution in [-0.2, 0) is 0 Å². The Kier molecular flexibility index (Phi) is 12.1. The maximum Gasteiger partial charge on any atom is 0.0462 e. The summed E-state index contributed by atoms with van der Waals surface area (Å²) in [5, 5.41) is 0. The van der Waals surface area contributed by atoms with Crippen LogP contribution in [0.5, 0.6) is 0 Å². The van der Waals surface area contributed by atoms with Crippen LogP contribution in [0.2, 0.25) is 0 Å². The Morgan fingerprint density at radius 3 is 0.766 bits per heavy atom. The van der Waals surface area contributed by atoms with Gasteiger partial charge in [0.2, 0.25) is 0 Å². The molecule has 9 rings (SSSR count). The van der Waals surface area contributed by atoms with E-state index in [0.29, 0.717) is 11.8 Å². The molecule has 0 spiro atoms. The molecule has 9 aromatic carbocycles. The normalized spacial score (nSPS) is 11.2. The molecule has 0 saturated heterocycles. The van der Waals surface area contributed by atoms with Crippen molar-refractivity contribution < 1.29 is 0 Å². The van der Waals surface area contributed by atoms with Gasteiger partial charge in [-0.1, -0.05) is 173 Å². The van der Waals surface area contributed by atoms with E-state index in [2.05, 4.69) is 270 Å². The molecule has 0 aliphatic carbocycles. The zero-order chi connectivity index (χ0) is 44.2. The highest BCUT2D eigenvalue weighted by molar-refractivity contribution is 5.84. The fourth-order valence-electron chi connectivity index (χ4n) is 8.80. The molecule has 0 unspecified atom stereocenters. The third-order valence-corrected chi connectivity index (χ3v) is 12.5. The molecule has 0 aliphatic heterocycles. The molecule has 0 amide bonds. The third-order valence-electron chi connectivity index (χ3n) is 12.5. The van der Waals surface area contributed by atoms with Crippen molar-refractivity contribution in [2.45, 2.75) is 53.4 Å². The predicted molar refractivity (Wildman–Crippen MR) is 275 cm³/mol. The van der Waals surface area contributed by atoms with Crippen molar-refractivity contribution in [3.63, 3.8) is 0 Å². The first-order valence-electron chi connectivity index (χ1n) is 22.6. The summed E-state index contributed by atoms with van der Waals surface area (Å²) in [4.78, 5) is 4.71. The molecule has 9 aromatic rings. The standard InChI is InChI=1S/C62H56N2/c1-43(2)47-17-29-55(30-18-47)63(57-33-21-51(22-34-57)49-13-9-7-10-14-49)59-37-25-53(26-38-59)61-41-46(6)62(42-45(61)5)54-27-39-60(40-28-54)64(56-31-19-48(20-32-56)44(3)4)58-35-23-52(24-36-58)50-15-11-8-12-16-50/h7-44H,1-6H3. The average Bonchev–Trinajstić information content (AvgIpc) is 3.34. The van der Waals surface area contributed by atoms with Gasteiger partial charge in [-0.2, -0.15) is 0 Å². The van der Waals surface area contributed by atoms with Crippen LogP contribution < -0.4 is 9.80 Å². The first-order valence-corrected chi connectivity index (χ1v) is 22.6. The van der Waals surface area contributed by atoms with E-state index in [9.17, 15) is 0 Å². The van der Waals surface area contributed by atoms with E-state index >= 15 is 0 Å². The highest BCUT2D eigenvalue weighted by Crippen LogP contribution is 2.41. The molecule has 2 nitrogen and oxygen atoms in total. The zero-order valence-corrected chi connectivity index (χ0v) is 37.8. The van der Waals surface area contributed by atoms with Gasteiger partial charge in [-0.25, -0.2) is 0 Å². The summed E-state index contributed by atoms with van der Waals surface area (Å²) in [6.45, 7) is 13.5. The lowest BCUT2D eigenvalue weighted by molar-refractivity contribution is 0.866. The lowest BCUT2D eigenvalue weighted by atomic mass is 9.91. The fourth-order valence-corrected chi connectivity index (χ4v) is 8.80. The smallest absolute Gasteiger partial charge is 0.0462 e. The maximum absolute atomic E-state index is 2.36. The quantitative estimate of drug-likeness (QED) is 0.121. The SMILES string of the molecule is Cc1cc(-c2ccc(N(c3ccc(-c4ccccc4)cc3)c3ccc(C(C)C)cc3)cc2)c(C)cc1-c1ccc(N(c2ccc(-c3ccccc3)cc2)c2ccc(C(C)C)cc2)cc1. The number of benzene rings is 9. The molecule has 0 aromatic heterocycles. The minimum absolute atomic E-state index is 0.474. The molecule has 0 N–H and O–H groups in total. The summed E-state index contributed by atoms with van der Waals surface area (Å²) in [6, 6.07) is 79.8. The van der Waals surface area contributed by atoms with Crippen molar-refractivity contribution in [1.29, 1.82) is 0 Å². The van der Waals surface area contributed by atoms with Crippen LogP contribution in [0.3, 0.4) is 0 Å². The molecule has 0 aliphatic rings. The fraction of sp³-hybridized carbons (Fsp3) is 0.129. The second kappa shape index (κ2) is 18.5. The lowest BCUT2D eigenvalue weighted by Gasteiger charge is -2.26. The number of rotatable bonds is 12. The van der Waals surface area contributed by atoms with Gasteiger partial charge in [-0.3, -0.25) is 0 Å². The Morgan fingerprint density at radius 2 is 0.500 bits per heavy atom.